The molecule has 4 aliphatic rings. The topological polar surface area (TPSA) is 78.8 Å². The van der Waals surface area contributed by atoms with Gasteiger partial charge in [0.15, 0.2) is 0 Å². The smallest absolute Gasteiger partial charge is 0.407 e. The van der Waals surface area contributed by atoms with Crippen LogP contribution in [-0.2, 0) is 11.3 Å². The van der Waals surface area contributed by atoms with E-state index in [-0.39, 0.29) is 29.1 Å². The predicted molar refractivity (Wildman–Crippen MR) is 141 cm³/mol. The Labute approximate surface area is 217 Å². The number of nitrogens with one attached hydrogen (secondary N) is 1. The SMILES string of the molecule is C[C@H](CCNC(=O)OCc1ccccc1)C1CC[C@H]2[C@@H]3[C@H](O)CC4C[C@H](O)CC[C@]4(C)[C@H]3CC[C@]12C. The van der Waals surface area contributed by atoms with E-state index in [0.717, 1.165) is 37.7 Å². The molecular weight excluding hydrogens is 450 g/mol. The molecule has 1 amide bonds. The lowest BCUT2D eigenvalue weighted by molar-refractivity contribution is -0.174. The van der Waals surface area contributed by atoms with Crippen molar-refractivity contribution in [2.75, 3.05) is 6.54 Å². The van der Waals surface area contributed by atoms with Gasteiger partial charge in [0.05, 0.1) is 12.2 Å². The molecule has 4 fully saturated rings. The number of rotatable bonds is 6. The van der Waals surface area contributed by atoms with Crippen molar-refractivity contribution < 1.29 is 19.7 Å². The summed E-state index contributed by atoms with van der Waals surface area (Å²) in [6, 6.07) is 9.78. The molecule has 1 aromatic carbocycles. The second-order valence-corrected chi connectivity index (χ2v) is 13.2. The Kier molecular flexibility index (Phi) is 7.44. The van der Waals surface area contributed by atoms with Crippen molar-refractivity contribution in [3.8, 4) is 0 Å². The van der Waals surface area contributed by atoms with Gasteiger partial charge in [0.2, 0.25) is 0 Å². The van der Waals surface area contributed by atoms with Crippen LogP contribution in [0.4, 0.5) is 4.79 Å². The molecule has 0 saturated heterocycles. The maximum Gasteiger partial charge on any atom is 0.407 e. The molecule has 2 unspecified atom stereocenters. The third-order valence-corrected chi connectivity index (χ3v) is 11.5. The lowest BCUT2D eigenvalue weighted by atomic mass is 9.43. The molecule has 0 aliphatic heterocycles. The molecule has 5 nitrogen and oxygen atoms in total. The normalized spacial score (nSPS) is 42.5. The molecule has 10 atom stereocenters. The van der Waals surface area contributed by atoms with Crippen LogP contribution in [0.15, 0.2) is 30.3 Å². The first-order valence-corrected chi connectivity index (χ1v) is 14.5. The lowest BCUT2D eigenvalue weighted by Crippen LogP contribution is -2.58. The predicted octanol–water partition coefficient (Wildman–Crippen LogP) is 5.93. The summed E-state index contributed by atoms with van der Waals surface area (Å²) in [6.07, 6.45) is 8.92. The zero-order valence-corrected chi connectivity index (χ0v) is 22.5. The second kappa shape index (κ2) is 10.3. The third-order valence-electron chi connectivity index (χ3n) is 11.5. The van der Waals surface area contributed by atoms with Gasteiger partial charge >= 0.3 is 6.09 Å². The highest BCUT2D eigenvalue weighted by Crippen LogP contribution is 2.68. The summed E-state index contributed by atoms with van der Waals surface area (Å²) >= 11 is 0. The Morgan fingerprint density at radius 2 is 1.75 bits per heavy atom. The van der Waals surface area contributed by atoms with Crippen LogP contribution in [0.2, 0.25) is 0 Å². The minimum absolute atomic E-state index is 0.179. The number of fused-ring (bicyclic) bond motifs is 5. The molecule has 4 aliphatic carbocycles. The number of hydrogen-bond donors (Lipinski definition) is 3. The van der Waals surface area contributed by atoms with E-state index in [2.05, 4.69) is 26.1 Å². The number of carbonyl (C=O) groups excluding carboxylic acids is 1. The average Bonchev–Trinajstić information content (AvgIpc) is 3.21. The highest BCUT2D eigenvalue weighted by Gasteiger charge is 2.62. The lowest BCUT2D eigenvalue weighted by Gasteiger charge is -2.62. The zero-order valence-electron chi connectivity index (χ0n) is 22.5. The molecule has 3 N–H and O–H groups in total. The fourth-order valence-electron chi connectivity index (χ4n) is 9.55. The Hall–Kier alpha value is -1.59. The maximum absolute atomic E-state index is 12.2. The molecule has 0 heterocycles. The minimum atomic E-state index is -0.340. The molecule has 0 spiro atoms. The molecule has 0 radical (unpaired) electrons. The quantitative estimate of drug-likeness (QED) is 0.455. The molecule has 5 heteroatoms. The van der Waals surface area contributed by atoms with Crippen LogP contribution in [0, 0.1) is 46.3 Å². The maximum atomic E-state index is 12.2. The van der Waals surface area contributed by atoms with Gasteiger partial charge in [-0.25, -0.2) is 4.79 Å². The van der Waals surface area contributed by atoms with Crippen molar-refractivity contribution in [1.29, 1.82) is 0 Å². The van der Waals surface area contributed by atoms with Gasteiger partial charge in [0.1, 0.15) is 6.61 Å². The fourth-order valence-corrected chi connectivity index (χ4v) is 9.55. The van der Waals surface area contributed by atoms with E-state index in [1.54, 1.807) is 0 Å². The zero-order chi connectivity index (χ0) is 25.5. The van der Waals surface area contributed by atoms with E-state index in [1.807, 2.05) is 30.3 Å². The number of ether oxygens (including phenoxy) is 1. The van der Waals surface area contributed by atoms with Crippen molar-refractivity contribution >= 4 is 6.09 Å². The van der Waals surface area contributed by atoms with Crippen LogP contribution in [0.5, 0.6) is 0 Å². The van der Waals surface area contributed by atoms with Crippen molar-refractivity contribution in [2.45, 2.75) is 97.4 Å². The Balaban J connectivity index is 1.17. The van der Waals surface area contributed by atoms with Gasteiger partial charge < -0.3 is 20.3 Å². The van der Waals surface area contributed by atoms with Crippen molar-refractivity contribution in [3.05, 3.63) is 35.9 Å². The van der Waals surface area contributed by atoms with Crippen LogP contribution in [-0.4, -0.2) is 35.1 Å². The summed E-state index contributed by atoms with van der Waals surface area (Å²) in [5.41, 5.74) is 1.54. The minimum Gasteiger partial charge on any atom is -0.445 e. The van der Waals surface area contributed by atoms with E-state index in [0.29, 0.717) is 48.7 Å². The number of carbonyl (C=O) groups is 1. The first kappa shape index (κ1) is 26.0. The summed E-state index contributed by atoms with van der Waals surface area (Å²) in [6.45, 7) is 8.29. The summed E-state index contributed by atoms with van der Waals surface area (Å²) in [4.78, 5) is 12.2. The number of aliphatic hydroxyl groups excluding tert-OH is 2. The van der Waals surface area contributed by atoms with Gasteiger partial charge in [-0.3, -0.25) is 0 Å². The van der Waals surface area contributed by atoms with E-state index in [1.165, 1.54) is 25.7 Å². The van der Waals surface area contributed by atoms with Gasteiger partial charge in [0.25, 0.3) is 0 Å². The highest BCUT2D eigenvalue weighted by atomic mass is 16.5. The monoisotopic (exact) mass is 497 g/mol. The molecular formula is C31H47NO4. The molecule has 1 aromatic rings. The number of hydrogen-bond acceptors (Lipinski definition) is 4. The first-order chi connectivity index (χ1) is 17.2. The van der Waals surface area contributed by atoms with Crippen molar-refractivity contribution in [2.24, 2.45) is 46.3 Å². The fraction of sp³-hybridized carbons (Fsp3) is 0.774. The first-order valence-electron chi connectivity index (χ1n) is 14.5. The van der Waals surface area contributed by atoms with Gasteiger partial charge in [-0.05, 0) is 110 Å². The number of amides is 1. The standard InChI is InChI=1S/C31H47NO4/c1-20(13-16-32-29(35)36-19-21-7-5-4-6-8-21)24-9-10-25-28-26(12-15-31(24,25)3)30(2)14-11-23(33)17-22(30)18-27(28)34/h4-8,20,22-28,33-34H,9-19H2,1-3H3,(H,32,35)/t20-,22?,23-,24?,25+,26+,27-,28+,30+,31-/m1/s1. The molecule has 5 rings (SSSR count). The molecule has 4 saturated carbocycles. The average molecular weight is 498 g/mol. The Bertz CT molecular complexity index is 907. The second-order valence-electron chi connectivity index (χ2n) is 13.2. The molecule has 200 valence electrons. The van der Waals surface area contributed by atoms with E-state index in [9.17, 15) is 15.0 Å². The number of benzene rings is 1. The van der Waals surface area contributed by atoms with Gasteiger partial charge in [-0.2, -0.15) is 0 Å². The highest BCUT2D eigenvalue weighted by molar-refractivity contribution is 5.67. The summed E-state index contributed by atoms with van der Waals surface area (Å²) in [5.74, 6) is 3.21. The third kappa shape index (κ3) is 4.71. The Morgan fingerprint density at radius 1 is 1.03 bits per heavy atom. The van der Waals surface area contributed by atoms with Gasteiger partial charge in [-0.1, -0.05) is 51.1 Å². The molecule has 0 aromatic heterocycles. The van der Waals surface area contributed by atoms with Crippen molar-refractivity contribution in [1.82, 2.24) is 5.32 Å². The van der Waals surface area contributed by atoms with E-state index >= 15 is 0 Å². The Morgan fingerprint density at radius 3 is 2.53 bits per heavy atom. The van der Waals surface area contributed by atoms with Crippen LogP contribution < -0.4 is 5.32 Å². The van der Waals surface area contributed by atoms with Crippen LogP contribution in [0.25, 0.3) is 0 Å². The number of alkyl carbamates (subject to hydrolysis) is 1. The van der Waals surface area contributed by atoms with Crippen molar-refractivity contribution in [3.63, 3.8) is 0 Å². The van der Waals surface area contributed by atoms with E-state index in [4.69, 9.17) is 4.74 Å². The van der Waals surface area contributed by atoms with Crippen LogP contribution >= 0.6 is 0 Å². The number of aliphatic hydroxyl groups is 2. The van der Waals surface area contributed by atoms with Gasteiger partial charge in [0, 0.05) is 6.54 Å². The summed E-state index contributed by atoms with van der Waals surface area (Å²) < 4.78 is 5.38. The van der Waals surface area contributed by atoms with Crippen LogP contribution in [0.3, 0.4) is 0 Å². The van der Waals surface area contributed by atoms with Crippen LogP contribution in [0.1, 0.15) is 84.1 Å². The summed E-state index contributed by atoms with van der Waals surface area (Å²) in [5, 5.41) is 24.7. The molecule has 36 heavy (non-hydrogen) atoms. The summed E-state index contributed by atoms with van der Waals surface area (Å²) in [7, 11) is 0. The van der Waals surface area contributed by atoms with Gasteiger partial charge in [-0.15, -0.1) is 0 Å². The largest absolute Gasteiger partial charge is 0.445 e. The van der Waals surface area contributed by atoms with E-state index < -0.39 is 0 Å². The molecule has 0 bridgehead atoms.